The molecule has 4 heteroatoms. The van der Waals surface area contributed by atoms with Crippen LogP contribution in [0.4, 0.5) is 5.69 Å². The number of nitrogen functional groups attached to an aromatic ring is 1. The third-order valence-electron chi connectivity index (χ3n) is 3.13. The van der Waals surface area contributed by atoms with Gasteiger partial charge in [0.2, 0.25) is 5.91 Å². The Labute approximate surface area is 115 Å². The molecule has 0 saturated carbocycles. The third-order valence-corrected chi connectivity index (χ3v) is 3.13. The highest BCUT2D eigenvalue weighted by Gasteiger charge is 2.03. The van der Waals surface area contributed by atoms with Crippen LogP contribution in [0.25, 0.3) is 0 Å². The van der Waals surface area contributed by atoms with E-state index in [-0.39, 0.29) is 12.5 Å². The Bertz CT molecular complexity index is 376. The van der Waals surface area contributed by atoms with Gasteiger partial charge in [0.05, 0.1) is 0 Å². The summed E-state index contributed by atoms with van der Waals surface area (Å²) in [6.07, 6.45) is 3.09. The summed E-state index contributed by atoms with van der Waals surface area (Å²) < 4.78 is 0. The molecule has 19 heavy (non-hydrogen) atoms. The molecule has 1 aromatic carbocycles. The minimum absolute atomic E-state index is 0.0773. The number of rotatable bonds is 8. The lowest BCUT2D eigenvalue weighted by molar-refractivity contribution is -0.121. The van der Waals surface area contributed by atoms with E-state index >= 15 is 0 Å². The quantitative estimate of drug-likeness (QED) is 0.494. The molecule has 0 spiro atoms. The number of carbonyl (C=O) groups is 1. The predicted molar refractivity (Wildman–Crippen MR) is 77.7 cm³/mol. The average molecular weight is 264 g/mol. The summed E-state index contributed by atoms with van der Waals surface area (Å²) in [4.78, 5) is 11.6. The molecule has 0 aliphatic heterocycles. The van der Waals surface area contributed by atoms with Gasteiger partial charge in [0.15, 0.2) is 0 Å². The van der Waals surface area contributed by atoms with E-state index in [1.54, 1.807) is 0 Å². The minimum Gasteiger partial charge on any atom is -0.399 e. The lowest BCUT2D eigenvalue weighted by Gasteiger charge is -2.08. The van der Waals surface area contributed by atoms with Crippen LogP contribution in [0.1, 0.15) is 31.7 Å². The maximum Gasteiger partial charge on any atom is 0.220 e. The number of aliphatic hydroxyl groups excluding tert-OH is 1. The molecule has 0 aliphatic rings. The van der Waals surface area contributed by atoms with Gasteiger partial charge in [-0.2, -0.15) is 0 Å². The van der Waals surface area contributed by atoms with E-state index < -0.39 is 0 Å². The van der Waals surface area contributed by atoms with Gasteiger partial charge >= 0.3 is 0 Å². The maximum atomic E-state index is 11.6. The van der Waals surface area contributed by atoms with Crippen molar-refractivity contribution in [2.24, 2.45) is 5.92 Å². The van der Waals surface area contributed by atoms with Crippen molar-refractivity contribution in [1.82, 2.24) is 5.32 Å². The maximum absolute atomic E-state index is 11.6. The van der Waals surface area contributed by atoms with Crippen molar-refractivity contribution in [2.45, 2.75) is 32.6 Å². The monoisotopic (exact) mass is 264 g/mol. The number of nitrogens with two attached hydrogens (primary N) is 1. The number of aliphatic hydroxyl groups is 1. The van der Waals surface area contributed by atoms with Crippen molar-refractivity contribution < 1.29 is 9.90 Å². The number of nitrogens with one attached hydrogen (secondary N) is 1. The predicted octanol–water partition coefficient (Wildman–Crippen LogP) is 1.73. The van der Waals surface area contributed by atoms with Gasteiger partial charge < -0.3 is 16.2 Å². The molecule has 0 radical (unpaired) electrons. The first-order chi connectivity index (χ1) is 9.11. The Hall–Kier alpha value is -1.55. The number of carbonyl (C=O) groups excluding carboxylic acids is 1. The molecule has 4 N–H and O–H groups in total. The summed E-state index contributed by atoms with van der Waals surface area (Å²) >= 11 is 0. The molecule has 1 unspecified atom stereocenters. The zero-order valence-corrected chi connectivity index (χ0v) is 11.6. The van der Waals surface area contributed by atoms with E-state index in [0.29, 0.717) is 18.9 Å². The molecule has 1 atom stereocenters. The van der Waals surface area contributed by atoms with Crippen LogP contribution in [0, 0.1) is 5.92 Å². The van der Waals surface area contributed by atoms with E-state index in [1.807, 2.05) is 31.2 Å². The minimum atomic E-state index is 0.0773. The van der Waals surface area contributed by atoms with Crippen LogP contribution < -0.4 is 11.1 Å². The van der Waals surface area contributed by atoms with Gasteiger partial charge in [-0.1, -0.05) is 19.1 Å². The molecule has 1 rings (SSSR count). The lowest BCUT2D eigenvalue weighted by Crippen LogP contribution is -2.25. The fraction of sp³-hybridized carbons (Fsp3) is 0.533. The van der Waals surface area contributed by atoms with E-state index in [1.165, 1.54) is 0 Å². The van der Waals surface area contributed by atoms with Crippen molar-refractivity contribution in [3.8, 4) is 0 Å². The van der Waals surface area contributed by atoms with Gasteiger partial charge in [0.25, 0.3) is 0 Å². The SMILES string of the molecule is CC(CO)CCCNC(=O)CCc1ccc(N)cc1. The molecular weight excluding hydrogens is 240 g/mol. The number of amides is 1. The van der Waals surface area contributed by atoms with Crippen LogP contribution in [0.2, 0.25) is 0 Å². The van der Waals surface area contributed by atoms with Gasteiger partial charge in [-0.25, -0.2) is 0 Å². The highest BCUT2D eigenvalue weighted by Crippen LogP contribution is 2.07. The number of hydrogen-bond donors (Lipinski definition) is 3. The zero-order valence-electron chi connectivity index (χ0n) is 11.6. The largest absolute Gasteiger partial charge is 0.399 e. The highest BCUT2D eigenvalue weighted by atomic mass is 16.3. The molecular formula is C15H24N2O2. The number of benzene rings is 1. The van der Waals surface area contributed by atoms with Gasteiger partial charge in [-0.15, -0.1) is 0 Å². The lowest BCUT2D eigenvalue weighted by atomic mass is 10.1. The third kappa shape index (κ3) is 6.82. The van der Waals surface area contributed by atoms with E-state index in [4.69, 9.17) is 10.8 Å². The smallest absolute Gasteiger partial charge is 0.220 e. The summed E-state index contributed by atoms with van der Waals surface area (Å²) in [5.41, 5.74) is 7.47. The Kier molecular flexibility index (Phi) is 6.97. The number of hydrogen-bond acceptors (Lipinski definition) is 3. The molecule has 0 bridgehead atoms. The molecule has 0 aromatic heterocycles. The summed E-state index contributed by atoms with van der Waals surface area (Å²) in [5.74, 6) is 0.389. The Balaban J connectivity index is 2.12. The van der Waals surface area contributed by atoms with Crippen LogP contribution in [0.15, 0.2) is 24.3 Å². The summed E-state index contributed by atoms with van der Waals surface area (Å²) in [5, 5.41) is 11.8. The van der Waals surface area contributed by atoms with E-state index in [2.05, 4.69) is 5.32 Å². The van der Waals surface area contributed by atoms with E-state index in [9.17, 15) is 4.79 Å². The van der Waals surface area contributed by atoms with Crippen molar-refractivity contribution in [1.29, 1.82) is 0 Å². The molecule has 1 amide bonds. The van der Waals surface area contributed by atoms with Gasteiger partial charge in [-0.05, 0) is 42.9 Å². The van der Waals surface area contributed by atoms with Gasteiger partial charge in [-0.3, -0.25) is 4.79 Å². The van der Waals surface area contributed by atoms with Gasteiger partial charge in [0.1, 0.15) is 0 Å². The van der Waals surface area contributed by atoms with Crippen LogP contribution in [0.5, 0.6) is 0 Å². The van der Waals surface area contributed by atoms with Crippen molar-refractivity contribution in [3.05, 3.63) is 29.8 Å². The fourth-order valence-electron chi connectivity index (χ4n) is 1.80. The molecule has 106 valence electrons. The first-order valence-corrected chi connectivity index (χ1v) is 6.83. The molecule has 0 fully saturated rings. The second-order valence-electron chi connectivity index (χ2n) is 5.02. The van der Waals surface area contributed by atoms with Crippen LogP contribution in [-0.2, 0) is 11.2 Å². The van der Waals surface area contributed by atoms with Crippen LogP contribution in [-0.4, -0.2) is 24.2 Å². The molecule has 4 nitrogen and oxygen atoms in total. The standard InChI is InChI=1S/C15H24N2O2/c1-12(11-18)3-2-10-17-15(19)9-6-13-4-7-14(16)8-5-13/h4-5,7-8,12,18H,2-3,6,9-11,16H2,1H3,(H,17,19). The van der Waals surface area contributed by atoms with Crippen LogP contribution in [0.3, 0.4) is 0 Å². The average Bonchev–Trinajstić information content (AvgIpc) is 2.42. The van der Waals surface area contributed by atoms with E-state index in [0.717, 1.165) is 30.5 Å². The summed E-state index contributed by atoms with van der Waals surface area (Å²) in [7, 11) is 0. The zero-order chi connectivity index (χ0) is 14.1. The molecule has 0 heterocycles. The van der Waals surface area contributed by atoms with Crippen molar-refractivity contribution >= 4 is 11.6 Å². The Morgan fingerprint density at radius 1 is 1.37 bits per heavy atom. The molecule has 0 aliphatic carbocycles. The highest BCUT2D eigenvalue weighted by molar-refractivity contribution is 5.76. The second-order valence-corrected chi connectivity index (χ2v) is 5.02. The van der Waals surface area contributed by atoms with Crippen molar-refractivity contribution in [2.75, 3.05) is 18.9 Å². The topological polar surface area (TPSA) is 75.3 Å². The Morgan fingerprint density at radius 3 is 2.68 bits per heavy atom. The molecule has 1 aromatic rings. The second kappa shape index (κ2) is 8.53. The first kappa shape index (κ1) is 15.5. The summed E-state index contributed by atoms with van der Waals surface area (Å²) in [6.45, 7) is 2.90. The van der Waals surface area contributed by atoms with Crippen molar-refractivity contribution in [3.63, 3.8) is 0 Å². The fourth-order valence-corrected chi connectivity index (χ4v) is 1.80. The Morgan fingerprint density at radius 2 is 2.05 bits per heavy atom. The number of anilines is 1. The molecule has 0 saturated heterocycles. The summed E-state index contributed by atoms with van der Waals surface area (Å²) in [6, 6.07) is 7.60. The first-order valence-electron chi connectivity index (χ1n) is 6.83. The number of aryl methyl sites for hydroxylation is 1. The normalized spacial score (nSPS) is 12.1. The van der Waals surface area contributed by atoms with Crippen LogP contribution >= 0.6 is 0 Å². The van der Waals surface area contributed by atoms with Gasteiger partial charge in [0, 0.05) is 25.3 Å².